The van der Waals surface area contributed by atoms with E-state index in [0.29, 0.717) is 11.6 Å². The van der Waals surface area contributed by atoms with Crippen molar-refractivity contribution < 1.29 is 45.5 Å². The van der Waals surface area contributed by atoms with E-state index < -0.39 is 77.5 Å². The van der Waals surface area contributed by atoms with Gasteiger partial charge in [0, 0.05) is 42.0 Å². The van der Waals surface area contributed by atoms with E-state index in [4.69, 9.17) is 10.5 Å². The minimum atomic E-state index is -4.91. The molecule has 1 aliphatic rings. The molecule has 264 valence electrons. The summed E-state index contributed by atoms with van der Waals surface area (Å²) >= 11 is 0. The standard InChI is InChI=1S/C34H32F6N6O4/c1-33(2,3)50-32(49)45-10-8-27-24(16-45)30(34(38,39)40)44-46(27)17-28(47)43-26(13-18-11-20(35)15-21(36)12-18)29-22(5-4-9-42-29)19-6-7-25(37)23(14-19)31(41)48/h4-7,9,11-12,14-15,26H,8,10,13,16-17H2,1-3H3,(H2,41,48)(H,43,47)/t26-/m0/s1. The number of carbonyl (C=O) groups excluding carboxylic acids is 3. The third-order valence-electron chi connectivity index (χ3n) is 7.76. The van der Waals surface area contributed by atoms with E-state index in [1.165, 1.54) is 24.4 Å². The second kappa shape index (κ2) is 13.8. The number of fused-ring (bicyclic) bond motifs is 1. The lowest BCUT2D eigenvalue weighted by Gasteiger charge is -2.30. The minimum Gasteiger partial charge on any atom is -0.444 e. The van der Waals surface area contributed by atoms with Crippen LogP contribution in [-0.2, 0) is 41.6 Å². The molecule has 0 spiro atoms. The maximum absolute atomic E-state index is 14.3. The Morgan fingerprint density at radius 3 is 2.36 bits per heavy atom. The molecular formula is C34H32F6N6O4. The smallest absolute Gasteiger partial charge is 0.435 e. The van der Waals surface area contributed by atoms with Crippen molar-refractivity contribution in [2.45, 2.75) is 64.5 Å². The first-order valence-electron chi connectivity index (χ1n) is 15.3. The Morgan fingerprint density at radius 1 is 1.02 bits per heavy atom. The van der Waals surface area contributed by atoms with Crippen LogP contribution in [0.1, 0.15) is 65.4 Å². The monoisotopic (exact) mass is 702 g/mol. The number of rotatable bonds is 8. The van der Waals surface area contributed by atoms with Gasteiger partial charge in [-0.1, -0.05) is 12.1 Å². The summed E-state index contributed by atoms with van der Waals surface area (Å²) < 4.78 is 91.4. The molecule has 3 heterocycles. The number of alkyl halides is 3. The van der Waals surface area contributed by atoms with Crippen LogP contribution in [0, 0.1) is 17.5 Å². The Balaban J connectivity index is 1.49. The summed E-state index contributed by atoms with van der Waals surface area (Å²) in [6.07, 6.45) is -4.63. The second-order valence-electron chi connectivity index (χ2n) is 12.7. The van der Waals surface area contributed by atoms with Crippen molar-refractivity contribution in [3.63, 3.8) is 0 Å². The predicted octanol–water partition coefficient (Wildman–Crippen LogP) is 5.87. The van der Waals surface area contributed by atoms with Crippen LogP contribution in [-0.4, -0.2) is 49.7 Å². The van der Waals surface area contributed by atoms with Gasteiger partial charge in [0.1, 0.15) is 29.6 Å². The molecular weight excluding hydrogens is 670 g/mol. The van der Waals surface area contributed by atoms with Crippen LogP contribution >= 0.6 is 0 Å². The number of nitrogens with one attached hydrogen (secondary N) is 1. The number of hydrogen-bond donors (Lipinski definition) is 2. The van der Waals surface area contributed by atoms with Gasteiger partial charge in [-0.3, -0.25) is 19.3 Å². The van der Waals surface area contributed by atoms with Crippen molar-refractivity contribution in [3.8, 4) is 11.1 Å². The van der Waals surface area contributed by atoms with Gasteiger partial charge < -0.3 is 20.7 Å². The highest BCUT2D eigenvalue weighted by Crippen LogP contribution is 2.36. The molecule has 0 unspecified atom stereocenters. The summed E-state index contributed by atoms with van der Waals surface area (Å²) in [5.41, 5.74) is 3.42. The van der Waals surface area contributed by atoms with Crippen LogP contribution in [0.2, 0.25) is 0 Å². The van der Waals surface area contributed by atoms with Crippen molar-refractivity contribution in [3.05, 3.63) is 106 Å². The lowest BCUT2D eigenvalue weighted by atomic mass is 9.94. The maximum Gasteiger partial charge on any atom is 0.435 e. The van der Waals surface area contributed by atoms with Crippen molar-refractivity contribution in [2.75, 3.05) is 6.54 Å². The molecule has 0 saturated carbocycles. The van der Waals surface area contributed by atoms with E-state index in [-0.39, 0.29) is 47.5 Å². The maximum atomic E-state index is 14.3. The molecule has 0 radical (unpaired) electrons. The van der Waals surface area contributed by atoms with Crippen LogP contribution < -0.4 is 11.1 Å². The summed E-state index contributed by atoms with van der Waals surface area (Å²) in [4.78, 5) is 43.6. The van der Waals surface area contributed by atoms with Crippen molar-refractivity contribution in [2.24, 2.45) is 5.73 Å². The lowest BCUT2D eigenvalue weighted by Crippen LogP contribution is -2.40. The van der Waals surface area contributed by atoms with Gasteiger partial charge in [0.05, 0.1) is 23.8 Å². The third-order valence-corrected chi connectivity index (χ3v) is 7.76. The second-order valence-corrected chi connectivity index (χ2v) is 12.7. The highest BCUT2D eigenvalue weighted by Gasteiger charge is 2.42. The first-order valence-corrected chi connectivity index (χ1v) is 15.3. The number of benzene rings is 2. The molecule has 10 nitrogen and oxygen atoms in total. The molecule has 2 aromatic heterocycles. The fraction of sp³-hybridized carbons (Fsp3) is 0.324. The van der Waals surface area contributed by atoms with Crippen LogP contribution in [0.4, 0.5) is 31.1 Å². The summed E-state index contributed by atoms with van der Waals surface area (Å²) in [5.74, 6) is -4.51. The van der Waals surface area contributed by atoms with Crippen LogP contribution in [0.3, 0.4) is 0 Å². The molecule has 0 saturated heterocycles. The van der Waals surface area contributed by atoms with Gasteiger partial charge >= 0.3 is 12.3 Å². The fourth-order valence-corrected chi connectivity index (χ4v) is 5.71. The van der Waals surface area contributed by atoms with Gasteiger partial charge in [0.25, 0.3) is 5.91 Å². The molecule has 4 aromatic rings. The Labute approximate surface area is 282 Å². The number of amides is 3. The quantitative estimate of drug-likeness (QED) is 0.221. The molecule has 3 N–H and O–H groups in total. The fourth-order valence-electron chi connectivity index (χ4n) is 5.71. The number of ether oxygens (including phenoxy) is 1. The van der Waals surface area contributed by atoms with Gasteiger partial charge in [-0.15, -0.1) is 0 Å². The van der Waals surface area contributed by atoms with Crippen LogP contribution in [0.25, 0.3) is 11.1 Å². The SMILES string of the molecule is CC(C)(C)OC(=O)N1CCc2c(c(C(F)(F)F)nn2CC(=O)N[C@@H](Cc2cc(F)cc(F)c2)c2ncccc2-c2ccc(F)c(C(N)=O)c2)C1. The number of pyridine rings is 1. The van der Waals surface area contributed by atoms with E-state index in [0.717, 1.165) is 27.8 Å². The average Bonchev–Trinajstić information content (AvgIpc) is 3.37. The summed E-state index contributed by atoms with van der Waals surface area (Å²) in [6.45, 7) is 3.74. The number of carbonyl (C=O) groups is 3. The molecule has 1 atom stereocenters. The van der Waals surface area contributed by atoms with Crippen molar-refractivity contribution >= 4 is 17.9 Å². The highest BCUT2D eigenvalue weighted by molar-refractivity contribution is 5.94. The Morgan fingerprint density at radius 2 is 1.72 bits per heavy atom. The summed E-state index contributed by atoms with van der Waals surface area (Å²) in [6, 6.07) is 8.25. The number of primary amides is 1. The Bertz CT molecular complexity index is 1940. The molecule has 0 bridgehead atoms. The zero-order chi connectivity index (χ0) is 36.5. The largest absolute Gasteiger partial charge is 0.444 e. The van der Waals surface area contributed by atoms with E-state index in [1.54, 1.807) is 26.8 Å². The molecule has 5 rings (SSSR count). The van der Waals surface area contributed by atoms with Crippen LogP contribution in [0.5, 0.6) is 0 Å². The highest BCUT2D eigenvalue weighted by atomic mass is 19.4. The topological polar surface area (TPSA) is 132 Å². The van der Waals surface area contributed by atoms with Gasteiger partial charge in [-0.25, -0.2) is 18.0 Å². The Hall–Kier alpha value is -5.41. The molecule has 0 aliphatic carbocycles. The lowest BCUT2D eigenvalue weighted by molar-refractivity contribution is -0.142. The van der Waals surface area contributed by atoms with Gasteiger partial charge in [-0.05, 0) is 68.7 Å². The zero-order valence-electron chi connectivity index (χ0n) is 27.1. The minimum absolute atomic E-state index is 0.00252. The predicted molar refractivity (Wildman–Crippen MR) is 167 cm³/mol. The third kappa shape index (κ3) is 8.23. The number of hydrogen-bond acceptors (Lipinski definition) is 6. The van der Waals surface area contributed by atoms with Crippen molar-refractivity contribution in [1.29, 1.82) is 0 Å². The number of halogens is 6. The van der Waals surface area contributed by atoms with E-state index >= 15 is 0 Å². The first kappa shape index (κ1) is 35.9. The Kier molecular flexibility index (Phi) is 9.93. The first-order chi connectivity index (χ1) is 23.4. The van der Waals surface area contributed by atoms with Crippen molar-refractivity contribution in [1.82, 2.24) is 25.0 Å². The number of nitrogens with two attached hydrogens (primary N) is 1. The summed E-state index contributed by atoms with van der Waals surface area (Å²) in [7, 11) is 0. The van der Waals surface area contributed by atoms with Gasteiger partial charge in [0.15, 0.2) is 5.69 Å². The number of aromatic nitrogens is 3. The summed E-state index contributed by atoms with van der Waals surface area (Å²) in [5, 5.41) is 6.41. The zero-order valence-corrected chi connectivity index (χ0v) is 27.1. The molecule has 0 fully saturated rings. The van der Waals surface area contributed by atoms with Gasteiger partial charge in [0.2, 0.25) is 5.91 Å². The van der Waals surface area contributed by atoms with Crippen LogP contribution in [0.15, 0.2) is 54.7 Å². The normalized spacial score (nSPS) is 13.8. The average molecular weight is 703 g/mol. The van der Waals surface area contributed by atoms with E-state index in [1.807, 2.05) is 0 Å². The molecule has 50 heavy (non-hydrogen) atoms. The molecule has 16 heteroatoms. The van der Waals surface area contributed by atoms with E-state index in [2.05, 4.69) is 15.4 Å². The van der Waals surface area contributed by atoms with Gasteiger partial charge in [-0.2, -0.15) is 18.3 Å². The number of nitrogens with zero attached hydrogens (tertiary/aromatic N) is 4. The molecule has 2 aromatic carbocycles. The molecule has 1 aliphatic heterocycles. The molecule has 3 amide bonds. The van der Waals surface area contributed by atoms with E-state index in [9.17, 15) is 40.7 Å².